The number of carbonyl (C=O) groups excluding carboxylic acids is 1. The number of amides is 1. The van der Waals surface area contributed by atoms with E-state index >= 15 is 0 Å². The molecule has 2 saturated heterocycles. The Balaban J connectivity index is 1.51. The lowest BCUT2D eigenvalue weighted by molar-refractivity contribution is -0.189. The van der Waals surface area contributed by atoms with Crippen molar-refractivity contribution >= 4 is 17.5 Å². The number of methoxy groups -OCH3 is 1. The normalized spacial score (nSPS) is 23.7. The van der Waals surface area contributed by atoms with E-state index in [1.54, 1.807) is 11.0 Å². The van der Waals surface area contributed by atoms with Gasteiger partial charge in [-0.05, 0) is 42.8 Å². The van der Waals surface area contributed by atoms with Crippen LogP contribution in [0, 0.1) is 0 Å². The molecule has 0 bridgehead atoms. The Hall–Kier alpha value is -2.49. The van der Waals surface area contributed by atoms with Gasteiger partial charge < -0.3 is 23.8 Å². The highest BCUT2D eigenvalue weighted by molar-refractivity contribution is 6.30. The first-order valence-electron chi connectivity index (χ1n) is 10.4. The third-order valence-corrected chi connectivity index (χ3v) is 6.26. The molecule has 1 amide bonds. The number of rotatable bonds is 5. The van der Waals surface area contributed by atoms with Gasteiger partial charge in [0.25, 0.3) is 5.91 Å². The number of nitrogens with zero attached hydrogens (tertiary/aromatic N) is 1. The number of likely N-dealkylation sites (tertiary alicyclic amines) is 1. The first-order valence-corrected chi connectivity index (χ1v) is 10.7. The highest BCUT2D eigenvalue weighted by Crippen LogP contribution is 2.43. The van der Waals surface area contributed by atoms with E-state index < -0.39 is 17.9 Å². The van der Waals surface area contributed by atoms with E-state index in [1.165, 1.54) is 25.3 Å². The Kier molecular flexibility index (Phi) is 6.48. The number of hydrogen-bond acceptors (Lipinski definition) is 5. The summed E-state index contributed by atoms with van der Waals surface area (Å²) in [4.78, 5) is 14.8. The molecule has 0 aliphatic carbocycles. The molecule has 6 nitrogen and oxygen atoms in total. The highest BCUT2D eigenvalue weighted by Gasteiger charge is 2.51. The van der Waals surface area contributed by atoms with Crippen LogP contribution in [-0.4, -0.2) is 56.2 Å². The first kappa shape index (κ1) is 23.7. The number of benzene rings is 2. The summed E-state index contributed by atoms with van der Waals surface area (Å²) in [5, 5.41) is 0.587. The van der Waals surface area contributed by atoms with Crippen molar-refractivity contribution in [1.29, 1.82) is 0 Å². The number of piperidine rings is 1. The number of ether oxygens (including phenoxy) is 4. The second kappa shape index (κ2) is 9.04. The maximum Gasteiger partial charge on any atom is 0.425 e. The van der Waals surface area contributed by atoms with Crippen LogP contribution >= 0.6 is 11.6 Å². The fourth-order valence-electron chi connectivity index (χ4n) is 4.16. The summed E-state index contributed by atoms with van der Waals surface area (Å²) in [7, 11) is 1.30. The fraction of sp³-hybridized carbons (Fsp3) is 0.435. The minimum Gasteiger partial charge on any atom is -0.493 e. The van der Waals surface area contributed by atoms with Crippen LogP contribution in [0.4, 0.5) is 13.2 Å². The second-order valence-electron chi connectivity index (χ2n) is 7.99. The van der Waals surface area contributed by atoms with Crippen molar-refractivity contribution in [2.75, 3.05) is 27.0 Å². The molecule has 33 heavy (non-hydrogen) atoms. The summed E-state index contributed by atoms with van der Waals surface area (Å²) in [6, 6.07) is 11.5. The predicted molar refractivity (Wildman–Crippen MR) is 114 cm³/mol. The van der Waals surface area contributed by atoms with E-state index in [0.717, 1.165) is 12.5 Å². The quantitative estimate of drug-likeness (QED) is 0.609. The van der Waals surface area contributed by atoms with E-state index in [4.69, 9.17) is 30.5 Å². The van der Waals surface area contributed by atoms with Crippen molar-refractivity contribution in [3.8, 4) is 11.5 Å². The zero-order valence-corrected chi connectivity index (χ0v) is 18.8. The fourth-order valence-corrected chi connectivity index (χ4v) is 4.35. The van der Waals surface area contributed by atoms with Gasteiger partial charge in [-0.15, -0.1) is 0 Å². The molecule has 2 aliphatic heterocycles. The molecule has 178 valence electrons. The maximum atomic E-state index is 13.2. The van der Waals surface area contributed by atoms with Gasteiger partial charge in [0.15, 0.2) is 17.6 Å². The lowest BCUT2D eigenvalue weighted by Crippen LogP contribution is -2.53. The Bertz CT molecular complexity index is 1030. The van der Waals surface area contributed by atoms with Crippen LogP contribution in [0.25, 0.3) is 0 Å². The van der Waals surface area contributed by atoms with E-state index in [0.29, 0.717) is 18.0 Å². The number of halogens is 4. The zero-order chi connectivity index (χ0) is 23.8. The molecule has 2 aromatic carbocycles. The second-order valence-corrected chi connectivity index (χ2v) is 8.42. The molecule has 0 radical (unpaired) electrons. The van der Waals surface area contributed by atoms with Crippen LogP contribution in [0.1, 0.15) is 29.3 Å². The van der Waals surface area contributed by atoms with Gasteiger partial charge in [-0.1, -0.05) is 23.7 Å². The Labute approximate surface area is 194 Å². The topological polar surface area (TPSA) is 57.2 Å². The van der Waals surface area contributed by atoms with Crippen molar-refractivity contribution in [2.45, 2.75) is 37.3 Å². The van der Waals surface area contributed by atoms with Crippen molar-refractivity contribution in [3.63, 3.8) is 0 Å². The highest BCUT2D eigenvalue weighted by atomic mass is 35.5. The predicted octanol–water partition coefficient (Wildman–Crippen LogP) is 4.79. The largest absolute Gasteiger partial charge is 0.493 e. The minimum atomic E-state index is -4.52. The molecule has 10 heteroatoms. The Morgan fingerprint density at radius 1 is 1.24 bits per heavy atom. The van der Waals surface area contributed by atoms with E-state index in [1.807, 2.05) is 18.2 Å². The maximum absolute atomic E-state index is 13.2. The van der Waals surface area contributed by atoms with Crippen LogP contribution in [0.15, 0.2) is 42.5 Å². The van der Waals surface area contributed by atoms with E-state index in [2.05, 4.69) is 0 Å². The molecule has 2 fully saturated rings. The monoisotopic (exact) mass is 485 g/mol. The molecule has 0 spiro atoms. The van der Waals surface area contributed by atoms with Gasteiger partial charge in [0.2, 0.25) is 0 Å². The van der Waals surface area contributed by atoms with Crippen LogP contribution in [0.3, 0.4) is 0 Å². The van der Waals surface area contributed by atoms with Gasteiger partial charge in [0.1, 0.15) is 18.5 Å². The molecule has 3 atom stereocenters. The van der Waals surface area contributed by atoms with E-state index in [-0.39, 0.29) is 42.4 Å². The van der Waals surface area contributed by atoms with E-state index in [9.17, 15) is 18.0 Å². The Morgan fingerprint density at radius 2 is 2.03 bits per heavy atom. The summed E-state index contributed by atoms with van der Waals surface area (Å²) in [6.07, 6.45) is -6.42. The summed E-state index contributed by atoms with van der Waals surface area (Å²) < 4.78 is 60.5. The van der Waals surface area contributed by atoms with Crippen LogP contribution in [0.5, 0.6) is 11.5 Å². The molecule has 4 rings (SSSR count). The molecule has 2 aromatic rings. The molecule has 0 N–H and O–H groups in total. The van der Waals surface area contributed by atoms with Gasteiger partial charge in [-0.3, -0.25) is 4.79 Å². The number of hydrogen-bond donors (Lipinski definition) is 0. The lowest BCUT2D eigenvalue weighted by Gasteiger charge is -2.42. The standard InChI is InChI=1S/C23H23ClF3NO5/c1-14(23(25,26)27)33-18-7-6-15(10-19(18)30-2)21(29)28-9-8-22(20(12-28)31-13-32-22)16-4-3-5-17(24)11-16/h3-7,10-11,14,20H,8-9,12-13H2,1-2H3/t14?,20?,22-/m1/s1. The van der Waals surface area contributed by atoms with Crippen LogP contribution in [0.2, 0.25) is 5.02 Å². The van der Waals surface area contributed by atoms with Crippen molar-refractivity contribution in [2.24, 2.45) is 0 Å². The molecular weight excluding hydrogens is 463 g/mol. The zero-order valence-electron chi connectivity index (χ0n) is 18.0. The van der Waals surface area contributed by atoms with Crippen LogP contribution < -0.4 is 9.47 Å². The third-order valence-electron chi connectivity index (χ3n) is 6.02. The summed E-state index contributed by atoms with van der Waals surface area (Å²) in [5.74, 6) is -0.341. The van der Waals surface area contributed by atoms with Gasteiger partial charge in [0, 0.05) is 23.6 Å². The summed E-state index contributed by atoms with van der Waals surface area (Å²) in [5.41, 5.74) is 0.477. The smallest absolute Gasteiger partial charge is 0.425 e. The van der Waals surface area contributed by atoms with Crippen molar-refractivity contribution in [3.05, 3.63) is 58.6 Å². The number of fused-ring (bicyclic) bond motifs is 1. The van der Waals surface area contributed by atoms with Gasteiger partial charge in [-0.2, -0.15) is 13.2 Å². The van der Waals surface area contributed by atoms with Crippen LogP contribution in [-0.2, 0) is 15.1 Å². The van der Waals surface area contributed by atoms with Gasteiger partial charge in [0.05, 0.1) is 13.7 Å². The van der Waals surface area contributed by atoms with Gasteiger partial charge >= 0.3 is 6.18 Å². The van der Waals surface area contributed by atoms with Gasteiger partial charge in [-0.25, -0.2) is 0 Å². The third kappa shape index (κ3) is 4.62. The average Bonchev–Trinajstić information content (AvgIpc) is 3.22. The average molecular weight is 486 g/mol. The Morgan fingerprint density at radius 3 is 2.73 bits per heavy atom. The number of carbonyl (C=O) groups is 1. The summed E-state index contributed by atoms with van der Waals surface area (Å²) in [6.45, 7) is 1.70. The minimum absolute atomic E-state index is 0.0442. The molecular formula is C23H23ClF3NO5. The first-order chi connectivity index (χ1) is 15.6. The SMILES string of the molecule is COc1cc(C(=O)N2CC[C@]3(c4cccc(Cl)c4)OCOC3C2)ccc1OC(C)C(F)(F)F. The number of alkyl halides is 3. The van der Waals surface area contributed by atoms with Crippen molar-refractivity contribution < 1.29 is 36.9 Å². The van der Waals surface area contributed by atoms with Crippen molar-refractivity contribution in [1.82, 2.24) is 4.90 Å². The summed E-state index contributed by atoms with van der Waals surface area (Å²) >= 11 is 6.16. The molecule has 2 aliphatic rings. The molecule has 2 unspecified atom stereocenters. The molecule has 2 heterocycles. The molecule has 0 saturated carbocycles. The lowest BCUT2D eigenvalue weighted by atomic mass is 9.82. The molecule has 0 aromatic heterocycles.